The Balaban J connectivity index is 0.00000400. The molecule has 0 aliphatic rings. The number of ether oxygens (including phenoxy) is 2. The number of halogens is 1. The lowest BCUT2D eigenvalue weighted by atomic mass is 10.1. The van der Waals surface area contributed by atoms with Gasteiger partial charge in [-0.3, -0.25) is 4.79 Å². The van der Waals surface area contributed by atoms with Gasteiger partial charge in [0.1, 0.15) is 17.1 Å². The number of pyridine rings is 2. The van der Waals surface area contributed by atoms with Crippen LogP contribution in [0.2, 0.25) is 0 Å². The normalized spacial score (nSPS) is 12.4. The molecule has 0 saturated carbocycles. The van der Waals surface area contributed by atoms with Crippen LogP contribution in [0.25, 0.3) is 11.3 Å². The number of carbonyl (C=O) groups excluding carboxylic acids is 1. The molecule has 0 saturated heterocycles. The molecule has 2 aromatic heterocycles. The Morgan fingerprint density at radius 1 is 1.03 bits per heavy atom. The lowest BCUT2D eigenvalue weighted by Crippen LogP contribution is -2.32. The summed E-state index contributed by atoms with van der Waals surface area (Å²) >= 11 is 0. The van der Waals surface area contributed by atoms with Crippen molar-refractivity contribution in [2.24, 2.45) is 11.8 Å². The topological polar surface area (TPSA) is 107 Å². The van der Waals surface area contributed by atoms with E-state index in [2.05, 4.69) is 9.97 Å². The van der Waals surface area contributed by atoms with Crippen LogP contribution in [-0.2, 0) is 10.0 Å². The van der Waals surface area contributed by atoms with Crippen molar-refractivity contribution in [1.29, 1.82) is 0 Å². The Bertz CT molecular complexity index is 1400. The number of carbonyl (C=O) groups is 1. The smallest absolute Gasteiger partial charge is 0.281 e. The second-order valence-corrected chi connectivity index (χ2v) is 11.7. The average Bonchev–Trinajstić information content (AvgIpc) is 2.81. The first-order chi connectivity index (χ1) is 17.8. The van der Waals surface area contributed by atoms with E-state index in [0.29, 0.717) is 41.6 Å². The third kappa shape index (κ3) is 7.98. The Kier molecular flexibility index (Phi) is 9.43. The van der Waals surface area contributed by atoms with Crippen molar-refractivity contribution in [3.63, 3.8) is 0 Å². The fourth-order valence-corrected chi connectivity index (χ4v) is 4.70. The minimum atomic E-state index is -4.24. The Morgan fingerprint density at radius 2 is 1.76 bits per heavy atom. The van der Waals surface area contributed by atoms with Crippen molar-refractivity contribution in [1.82, 2.24) is 14.7 Å². The van der Waals surface area contributed by atoms with Crippen LogP contribution in [0.1, 0.15) is 59.9 Å². The predicted molar refractivity (Wildman–Crippen MR) is 147 cm³/mol. The number of nitrogens with one attached hydrogen (secondary N) is 1. The van der Waals surface area contributed by atoms with E-state index >= 15 is 0 Å². The molecule has 2 heterocycles. The quantitative estimate of drug-likeness (QED) is 0.311. The van der Waals surface area contributed by atoms with Crippen LogP contribution in [0, 0.1) is 24.6 Å². The summed E-state index contributed by atoms with van der Waals surface area (Å²) < 4.78 is 53.8. The molecule has 1 unspecified atom stereocenters. The number of benzene rings is 1. The molecule has 38 heavy (non-hydrogen) atoms. The van der Waals surface area contributed by atoms with Crippen molar-refractivity contribution in [3.05, 3.63) is 65.6 Å². The molecule has 0 fully saturated rings. The molecule has 1 amide bonds. The number of nitrogens with zero attached hydrogens (tertiary/aromatic N) is 2. The van der Waals surface area contributed by atoms with E-state index in [1.807, 2.05) is 39.3 Å². The first-order valence-corrected chi connectivity index (χ1v) is 13.9. The highest BCUT2D eigenvalue weighted by Gasteiger charge is 2.25. The molecule has 3 rings (SSSR count). The van der Waals surface area contributed by atoms with Crippen molar-refractivity contribution in [3.8, 4) is 22.9 Å². The third-order valence-electron chi connectivity index (χ3n) is 5.34. The van der Waals surface area contributed by atoms with Crippen LogP contribution in [0.4, 0.5) is 4.39 Å². The number of rotatable bonds is 11. The molecule has 208 valence electrons. The molecule has 0 aliphatic carbocycles. The van der Waals surface area contributed by atoms with E-state index in [4.69, 9.17) is 9.47 Å². The van der Waals surface area contributed by atoms with E-state index < -0.39 is 21.7 Å². The predicted octanol–water partition coefficient (Wildman–Crippen LogP) is 6.05. The molecule has 1 aromatic carbocycles. The molecule has 8 nitrogen and oxygen atoms in total. The van der Waals surface area contributed by atoms with Crippen LogP contribution < -0.4 is 14.2 Å². The number of amides is 1. The second kappa shape index (κ2) is 12.3. The van der Waals surface area contributed by atoms with Gasteiger partial charge in [0.25, 0.3) is 15.9 Å². The van der Waals surface area contributed by atoms with E-state index in [0.717, 1.165) is 0 Å². The van der Waals surface area contributed by atoms with Crippen molar-refractivity contribution < 1.29 is 29.9 Å². The highest BCUT2D eigenvalue weighted by Crippen LogP contribution is 2.29. The summed E-state index contributed by atoms with van der Waals surface area (Å²) in [6, 6.07) is 11.7. The summed E-state index contributed by atoms with van der Waals surface area (Å²) in [6.45, 7) is 11.9. The maximum atomic E-state index is 14.4. The zero-order valence-electron chi connectivity index (χ0n) is 22.5. The first-order valence-electron chi connectivity index (χ1n) is 12.5. The van der Waals surface area contributed by atoms with E-state index in [1.165, 1.54) is 36.4 Å². The summed E-state index contributed by atoms with van der Waals surface area (Å²) in [5, 5.41) is -0.278. The monoisotopic (exact) mass is 547 g/mol. The largest absolute Gasteiger partial charge is 0.493 e. The van der Waals surface area contributed by atoms with Gasteiger partial charge in [-0.25, -0.2) is 19.1 Å². The Hall–Kier alpha value is -3.53. The van der Waals surface area contributed by atoms with Gasteiger partial charge >= 0.3 is 0 Å². The average molecular weight is 548 g/mol. The summed E-state index contributed by atoms with van der Waals surface area (Å²) in [4.78, 5) is 21.6. The van der Waals surface area contributed by atoms with Gasteiger partial charge in [-0.15, -0.1) is 0 Å². The molecule has 1 N–H and O–H groups in total. The number of hydrogen-bond donors (Lipinski definition) is 1. The van der Waals surface area contributed by atoms with E-state index in [-0.39, 0.29) is 31.3 Å². The fourth-order valence-electron chi connectivity index (χ4n) is 3.72. The summed E-state index contributed by atoms with van der Waals surface area (Å²) in [6.07, 6.45) is 0.350. The highest BCUT2D eigenvalue weighted by molar-refractivity contribution is 7.90. The van der Waals surface area contributed by atoms with Crippen molar-refractivity contribution >= 4 is 15.9 Å². The lowest BCUT2D eigenvalue weighted by Gasteiger charge is -2.19. The molecule has 0 radical (unpaired) electrons. The molecular formula is C28H38FN3O5S. The number of hydrogen-bond acceptors (Lipinski definition) is 7. The van der Waals surface area contributed by atoms with Gasteiger partial charge in [0.05, 0.1) is 18.4 Å². The zero-order chi connectivity index (χ0) is 28.0. The van der Waals surface area contributed by atoms with Crippen molar-refractivity contribution in [2.75, 3.05) is 6.61 Å². The van der Waals surface area contributed by atoms with Crippen LogP contribution >= 0.6 is 0 Å². The summed E-state index contributed by atoms with van der Waals surface area (Å²) in [7, 11) is -4.24. The van der Waals surface area contributed by atoms with Crippen LogP contribution in [0.5, 0.6) is 11.6 Å². The highest BCUT2D eigenvalue weighted by atomic mass is 32.2. The fraction of sp³-hybridized carbons (Fsp3) is 0.393. The van der Waals surface area contributed by atoms with Crippen LogP contribution in [0.3, 0.4) is 0 Å². The van der Waals surface area contributed by atoms with E-state index in [1.54, 1.807) is 19.1 Å². The second-order valence-electron chi connectivity index (χ2n) is 10.0. The molecule has 1 atom stereocenters. The molecule has 0 bridgehead atoms. The first kappa shape index (κ1) is 29.0. The van der Waals surface area contributed by atoms with Gasteiger partial charge in [0, 0.05) is 20.2 Å². The molecule has 0 aliphatic heterocycles. The standard InChI is InChI=1S/C28H34FN3O5S.2H2/c1-17(2)12-20(6)37-28-24(27(33)32-38(34,35)26-9-7-8-19(5)30-26)10-11-25(31-28)21-13-22(29)15-23(14-21)36-16-18(3)4;;/h7-11,13-15,17-18,20H,12,16H2,1-6H3,(H,32,33);2*1H. The van der Waals surface area contributed by atoms with Gasteiger partial charge in [0.15, 0.2) is 5.03 Å². The van der Waals surface area contributed by atoms with Gasteiger partial charge in [-0.2, -0.15) is 8.42 Å². The molecule has 10 heteroatoms. The summed E-state index contributed by atoms with van der Waals surface area (Å²) in [5.74, 6) is -0.566. The minimum absolute atomic E-state index is 0. The van der Waals surface area contributed by atoms with Gasteiger partial charge in [-0.1, -0.05) is 33.8 Å². The Morgan fingerprint density at radius 3 is 2.42 bits per heavy atom. The SMILES string of the molecule is Cc1cccc(S(=O)(=O)NC(=O)c2ccc(-c3cc(F)cc(OCC(C)C)c3)nc2OC(C)CC(C)C)n1.[HH].[HH]. The maximum Gasteiger partial charge on any atom is 0.281 e. The number of sulfonamides is 1. The maximum absolute atomic E-state index is 14.4. The molecule has 0 spiro atoms. The third-order valence-corrected chi connectivity index (χ3v) is 6.57. The van der Waals surface area contributed by atoms with Crippen LogP contribution in [0.15, 0.2) is 53.6 Å². The van der Waals surface area contributed by atoms with Gasteiger partial charge in [0.2, 0.25) is 5.88 Å². The zero-order valence-corrected chi connectivity index (χ0v) is 23.3. The summed E-state index contributed by atoms with van der Waals surface area (Å²) in [5.41, 5.74) is 1.18. The van der Waals surface area contributed by atoms with Crippen molar-refractivity contribution in [2.45, 2.75) is 59.1 Å². The molecular weight excluding hydrogens is 509 g/mol. The Labute approximate surface area is 226 Å². The molecule has 3 aromatic rings. The lowest BCUT2D eigenvalue weighted by molar-refractivity contribution is 0.0972. The minimum Gasteiger partial charge on any atom is -0.493 e. The van der Waals surface area contributed by atoms with E-state index in [9.17, 15) is 17.6 Å². The van der Waals surface area contributed by atoms with Gasteiger partial charge < -0.3 is 9.47 Å². The van der Waals surface area contributed by atoms with Gasteiger partial charge in [-0.05, 0) is 68.5 Å². The number of aromatic nitrogens is 2. The number of aryl methyl sites for hydroxylation is 1. The van der Waals surface area contributed by atoms with Crippen LogP contribution in [-0.4, -0.2) is 37.0 Å².